The first-order valence-corrected chi connectivity index (χ1v) is 8.10. The number of hydrogen-bond donors (Lipinski definition) is 3. The maximum atomic E-state index is 12.1. The van der Waals surface area contributed by atoms with Gasteiger partial charge >= 0.3 is 0 Å². The highest BCUT2D eigenvalue weighted by Crippen LogP contribution is 2.25. The first-order chi connectivity index (χ1) is 11.6. The molecule has 0 aliphatic heterocycles. The first kappa shape index (κ1) is 16.3. The fourth-order valence-corrected chi connectivity index (χ4v) is 2.78. The summed E-state index contributed by atoms with van der Waals surface area (Å²) < 4.78 is 5.84. The van der Waals surface area contributed by atoms with E-state index in [0.717, 1.165) is 25.7 Å². The normalized spacial score (nSPS) is 20.4. The highest BCUT2D eigenvalue weighted by Gasteiger charge is 2.24. The number of amides is 1. The van der Waals surface area contributed by atoms with Gasteiger partial charge < -0.3 is 20.9 Å². The number of nitrogens with zero attached hydrogens (tertiary/aromatic N) is 1. The molecule has 0 radical (unpaired) electrons. The van der Waals surface area contributed by atoms with Gasteiger partial charge in [0, 0.05) is 5.69 Å². The molecule has 1 saturated carbocycles. The molecule has 1 amide bonds. The number of rotatable bonds is 4. The third-order valence-electron chi connectivity index (χ3n) is 4.07. The monoisotopic (exact) mass is 327 g/mol. The van der Waals surface area contributed by atoms with Crippen molar-refractivity contribution >= 4 is 17.4 Å². The minimum atomic E-state index is -0.409. The smallest absolute Gasteiger partial charge is 0.274 e. The molecule has 1 fully saturated rings. The molecule has 0 spiro atoms. The lowest BCUT2D eigenvalue weighted by atomic mass is 9.95. The van der Waals surface area contributed by atoms with Crippen LogP contribution < -0.4 is 15.8 Å². The predicted octanol–water partition coefficient (Wildman–Crippen LogP) is 2.60. The highest BCUT2D eigenvalue weighted by molar-refractivity contribution is 6.03. The number of hydrogen-bond acceptors (Lipinski definition) is 5. The van der Waals surface area contributed by atoms with Gasteiger partial charge in [-0.1, -0.05) is 12.5 Å². The van der Waals surface area contributed by atoms with Crippen LogP contribution in [0.3, 0.4) is 0 Å². The van der Waals surface area contributed by atoms with Gasteiger partial charge in [0.25, 0.3) is 5.91 Å². The Labute approximate surface area is 140 Å². The summed E-state index contributed by atoms with van der Waals surface area (Å²) in [5, 5.41) is 12.7. The second-order valence-electron chi connectivity index (χ2n) is 5.93. The van der Waals surface area contributed by atoms with E-state index in [4.69, 9.17) is 10.5 Å². The van der Waals surface area contributed by atoms with Crippen molar-refractivity contribution in [2.24, 2.45) is 0 Å². The minimum Gasteiger partial charge on any atom is -0.488 e. The Morgan fingerprint density at radius 1 is 1.17 bits per heavy atom. The van der Waals surface area contributed by atoms with Gasteiger partial charge in [-0.05, 0) is 55.7 Å². The van der Waals surface area contributed by atoms with Crippen LogP contribution in [-0.2, 0) is 0 Å². The number of nitrogens with one attached hydrogen (secondary N) is 1. The topological polar surface area (TPSA) is 97.5 Å². The van der Waals surface area contributed by atoms with Crippen molar-refractivity contribution in [3.05, 3.63) is 48.2 Å². The van der Waals surface area contributed by atoms with Crippen LogP contribution in [0.2, 0.25) is 0 Å². The zero-order valence-corrected chi connectivity index (χ0v) is 13.3. The van der Waals surface area contributed by atoms with E-state index in [1.807, 2.05) is 0 Å². The van der Waals surface area contributed by atoms with E-state index in [0.29, 0.717) is 17.3 Å². The number of aliphatic hydroxyl groups is 1. The summed E-state index contributed by atoms with van der Waals surface area (Å²) in [7, 11) is 0. The van der Waals surface area contributed by atoms with Crippen molar-refractivity contribution in [2.75, 3.05) is 11.1 Å². The van der Waals surface area contributed by atoms with Crippen LogP contribution in [-0.4, -0.2) is 28.2 Å². The summed E-state index contributed by atoms with van der Waals surface area (Å²) in [6, 6.07) is 12.0. The van der Waals surface area contributed by atoms with Gasteiger partial charge in [0.05, 0.1) is 6.10 Å². The van der Waals surface area contributed by atoms with E-state index >= 15 is 0 Å². The van der Waals surface area contributed by atoms with E-state index < -0.39 is 6.10 Å². The largest absolute Gasteiger partial charge is 0.488 e. The molecule has 1 aromatic heterocycles. The number of nitrogen functional groups attached to an aromatic ring is 1. The molecule has 0 saturated heterocycles. The Kier molecular flexibility index (Phi) is 4.96. The lowest BCUT2D eigenvalue weighted by molar-refractivity contribution is 0.00688. The average Bonchev–Trinajstić information content (AvgIpc) is 2.58. The molecule has 1 heterocycles. The molecular formula is C18H21N3O3. The molecule has 2 unspecified atom stereocenters. The molecule has 126 valence electrons. The molecule has 24 heavy (non-hydrogen) atoms. The minimum absolute atomic E-state index is 0.157. The van der Waals surface area contributed by atoms with Crippen molar-refractivity contribution in [1.82, 2.24) is 4.98 Å². The second-order valence-corrected chi connectivity index (χ2v) is 5.93. The molecule has 1 aliphatic carbocycles. The fourth-order valence-electron chi connectivity index (χ4n) is 2.78. The zero-order valence-electron chi connectivity index (χ0n) is 13.3. The van der Waals surface area contributed by atoms with Gasteiger partial charge in [-0.3, -0.25) is 4.79 Å². The number of aliphatic hydroxyl groups excluding tert-OH is 1. The number of aromatic nitrogens is 1. The van der Waals surface area contributed by atoms with Crippen LogP contribution in [0.25, 0.3) is 0 Å². The van der Waals surface area contributed by atoms with Crippen molar-refractivity contribution in [2.45, 2.75) is 37.9 Å². The van der Waals surface area contributed by atoms with Gasteiger partial charge in [-0.25, -0.2) is 4.98 Å². The van der Waals surface area contributed by atoms with Gasteiger partial charge in [0.2, 0.25) is 0 Å². The Hall–Kier alpha value is -2.60. The molecule has 0 bridgehead atoms. The number of anilines is 2. The lowest BCUT2D eigenvalue weighted by Gasteiger charge is -2.28. The van der Waals surface area contributed by atoms with Crippen LogP contribution >= 0.6 is 0 Å². The predicted molar refractivity (Wildman–Crippen MR) is 91.9 cm³/mol. The average molecular weight is 327 g/mol. The zero-order chi connectivity index (χ0) is 16.9. The summed E-state index contributed by atoms with van der Waals surface area (Å²) in [6.07, 6.45) is 3.20. The molecule has 2 aromatic rings. The Bertz CT molecular complexity index is 703. The van der Waals surface area contributed by atoms with Crippen molar-refractivity contribution in [1.29, 1.82) is 0 Å². The lowest BCUT2D eigenvalue weighted by Crippen LogP contribution is -2.34. The number of carbonyl (C=O) groups is 1. The van der Waals surface area contributed by atoms with Crippen molar-refractivity contribution < 1.29 is 14.6 Å². The van der Waals surface area contributed by atoms with E-state index in [9.17, 15) is 9.90 Å². The maximum absolute atomic E-state index is 12.1. The number of carbonyl (C=O) groups excluding carboxylic acids is 1. The van der Waals surface area contributed by atoms with Crippen molar-refractivity contribution in [3.8, 4) is 5.75 Å². The molecule has 2 atom stereocenters. The molecule has 3 rings (SSSR count). The van der Waals surface area contributed by atoms with Crippen LogP contribution in [0.1, 0.15) is 36.2 Å². The van der Waals surface area contributed by atoms with E-state index in [2.05, 4.69) is 10.3 Å². The van der Waals surface area contributed by atoms with Crippen molar-refractivity contribution in [3.63, 3.8) is 0 Å². The van der Waals surface area contributed by atoms with Gasteiger partial charge in [0.15, 0.2) is 0 Å². The van der Waals surface area contributed by atoms with E-state index in [1.165, 1.54) is 0 Å². The summed E-state index contributed by atoms with van der Waals surface area (Å²) in [5.41, 5.74) is 6.49. The molecule has 6 nitrogen and oxygen atoms in total. The summed E-state index contributed by atoms with van der Waals surface area (Å²) in [4.78, 5) is 16.1. The third-order valence-corrected chi connectivity index (χ3v) is 4.07. The quantitative estimate of drug-likeness (QED) is 0.802. The van der Waals surface area contributed by atoms with Gasteiger partial charge in [0.1, 0.15) is 23.4 Å². The van der Waals surface area contributed by atoms with Crippen LogP contribution in [0.5, 0.6) is 5.75 Å². The molecule has 6 heteroatoms. The van der Waals surface area contributed by atoms with Crippen LogP contribution in [0, 0.1) is 0 Å². The number of ether oxygens (including phenoxy) is 1. The summed E-state index contributed by atoms with van der Waals surface area (Å²) in [5.74, 6) is 0.664. The van der Waals surface area contributed by atoms with E-state index in [-0.39, 0.29) is 17.7 Å². The Morgan fingerprint density at radius 3 is 2.62 bits per heavy atom. The number of pyridine rings is 1. The first-order valence-electron chi connectivity index (χ1n) is 8.10. The Morgan fingerprint density at radius 2 is 1.92 bits per heavy atom. The third kappa shape index (κ3) is 4.02. The van der Waals surface area contributed by atoms with Crippen LogP contribution in [0.15, 0.2) is 42.5 Å². The fraction of sp³-hybridized carbons (Fsp3) is 0.333. The summed E-state index contributed by atoms with van der Waals surface area (Å²) in [6.45, 7) is 0. The second kappa shape index (κ2) is 7.31. The molecular weight excluding hydrogens is 306 g/mol. The number of benzene rings is 1. The van der Waals surface area contributed by atoms with E-state index in [1.54, 1.807) is 42.5 Å². The highest BCUT2D eigenvalue weighted by atomic mass is 16.5. The standard InChI is InChI=1S/C18H21N3O3/c19-17-7-3-4-14(21-17)18(23)20-12-8-10-13(11-9-12)24-16-6-2-1-5-15(16)22/h3-4,7-11,15-16,22H,1-2,5-6H2,(H2,19,21)(H,20,23). The molecule has 1 aromatic carbocycles. The Balaban J connectivity index is 1.61. The maximum Gasteiger partial charge on any atom is 0.274 e. The number of nitrogens with two attached hydrogens (primary N) is 1. The SMILES string of the molecule is Nc1cccc(C(=O)Nc2ccc(OC3CCCCC3O)cc2)n1. The molecule has 1 aliphatic rings. The summed E-state index contributed by atoms with van der Waals surface area (Å²) >= 11 is 0. The molecule has 4 N–H and O–H groups in total. The van der Waals surface area contributed by atoms with Crippen LogP contribution in [0.4, 0.5) is 11.5 Å². The van der Waals surface area contributed by atoms with Gasteiger partial charge in [-0.2, -0.15) is 0 Å². The van der Waals surface area contributed by atoms with Gasteiger partial charge in [-0.15, -0.1) is 0 Å².